The van der Waals surface area contributed by atoms with Crippen LogP contribution in [0.2, 0.25) is 0 Å². The summed E-state index contributed by atoms with van der Waals surface area (Å²) < 4.78 is 0. The van der Waals surface area contributed by atoms with E-state index in [1.54, 1.807) is 26.0 Å². The molecule has 1 heterocycles. The largest absolute Gasteiger partial charge is 0.397 e. The third kappa shape index (κ3) is 2.07. The number of hydrogen-bond acceptors (Lipinski definition) is 5. The fourth-order valence-electron chi connectivity index (χ4n) is 2.20. The molecule has 1 saturated heterocycles. The molecule has 3 amide bonds. The predicted molar refractivity (Wildman–Crippen MR) is 73.9 cm³/mol. The van der Waals surface area contributed by atoms with Gasteiger partial charge in [-0.05, 0) is 26.0 Å². The maximum Gasteiger partial charge on any atom is 0.251 e. The van der Waals surface area contributed by atoms with Gasteiger partial charge in [-0.1, -0.05) is 6.07 Å². The second kappa shape index (κ2) is 4.52. The van der Waals surface area contributed by atoms with Crippen LogP contribution in [0.4, 0.5) is 11.4 Å². The standard InChI is InChI=1S/C13H16N4O3/c1-13(2)12(20)16-9(18)6-17(13)10-7(11(15)19)4-3-5-8(10)14/h3-5H,6,14H2,1-2H3,(H2,15,19)(H,16,18,20). The predicted octanol–water partition coefficient (Wildman–Crippen LogP) is -0.391. The highest BCUT2D eigenvalue weighted by Gasteiger charge is 2.42. The number of benzene rings is 1. The summed E-state index contributed by atoms with van der Waals surface area (Å²) in [5, 5.41) is 2.26. The number of rotatable bonds is 2. The quantitative estimate of drug-likeness (QED) is 0.502. The molecule has 0 aliphatic carbocycles. The lowest BCUT2D eigenvalue weighted by Crippen LogP contribution is -2.64. The Labute approximate surface area is 115 Å². The highest BCUT2D eigenvalue weighted by molar-refractivity contribution is 6.10. The van der Waals surface area contributed by atoms with E-state index in [1.165, 1.54) is 11.0 Å². The second-order valence-electron chi connectivity index (χ2n) is 5.13. The van der Waals surface area contributed by atoms with Crippen LogP contribution in [0.1, 0.15) is 24.2 Å². The van der Waals surface area contributed by atoms with Crippen molar-refractivity contribution in [1.29, 1.82) is 0 Å². The molecule has 0 spiro atoms. The van der Waals surface area contributed by atoms with Crippen molar-refractivity contribution in [2.45, 2.75) is 19.4 Å². The van der Waals surface area contributed by atoms with E-state index in [4.69, 9.17) is 11.5 Å². The van der Waals surface area contributed by atoms with Crippen LogP contribution in [0, 0.1) is 0 Å². The lowest BCUT2D eigenvalue weighted by Gasteiger charge is -2.42. The average molecular weight is 276 g/mol. The summed E-state index contributed by atoms with van der Waals surface area (Å²) >= 11 is 0. The zero-order valence-electron chi connectivity index (χ0n) is 11.3. The van der Waals surface area contributed by atoms with Gasteiger partial charge in [0.1, 0.15) is 5.54 Å². The number of hydrogen-bond donors (Lipinski definition) is 3. The molecule has 5 N–H and O–H groups in total. The van der Waals surface area contributed by atoms with Crippen molar-refractivity contribution < 1.29 is 14.4 Å². The Kier molecular flexibility index (Phi) is 3.13. The molecule has 0 unspecified atom stereocenters. The molecule has 0 radical (unpaired) electrons. The zero-order valence-corrected chi connectivity index (χ0v) is 11.3. The molecule has 0 bridgehead atoms. The van der Waals surface area contributed by atoms with E-state index in [0.29, 0.717) is 5.69 Å². The van der Waals surface area contributed by atoms with Gasteiger partial charge in [-0.25, -0.2) is 0 Å². The minimum Gasteiger partial charge on any atom is -0.397 e. The van der Waals surface area contributed by atoms with Crippen LogP contribution in [-0.4, -0.2) is 29.8 Å². The fourth-order valence-corrected chi connectivity index (χ4v) is 2.20. The second-order valence-corrected chi connectivity index (χ2v) is 5.13. The lowest BCUT2D eigenvalue weighted by molar-refractivity contribution is -0.135. The molecule has 0 atom stereocenters. The number of anilines is 2. The number of para-hydroxylation sites is 1. The van der Waals surface area contributed by atoms with Gasteiger partial charge >= 0.3 is 0 Å². The number of imide groups is 1. The first-order valence-electron chi connectivity index (χ1n) is 6.05. The number of nitrogens with one attached hydrogen (secondary N) is 1. The Hall–Kier alpha value is -2.57. The summed E-state index contributed by atoms with van der Waals surface area (Å²) in [5.74, 6) is -1.57. The van der Waals surface area contributed by atoms with Crippen molar-refractivity contribution >= 4 is 29.1 Å². The third-order valence-electron chi connectivity index (χ3n) is 3.39. The fraction of sp³-hybridized carbons (Fsp3) is 0.308. The molecule has 7 nitrogen and oxygen atoms in total. The summed E-state index contributed by atoms with van der Waals surface area (Å²) in [5.41, 5.74) is 11.0. The molecule has 0 aromatic heterocycles. The first-order valence-corrected chi connectivity index (χ1v) is 6.05. The molecule has 1 aromatic carbocycles. The molecule has 7 heteroatoms. The van der Waals surface area contributed by atoms with Crippen molar-refractivity contribution in [1.82, 2.24) is 5.32 Å². The highest BCUT2D eigenvalue weighted by atomic mass is 16.2. The van der Waals surface area contributed by atoms with E-state index in [-0.39, 0.29) is 17.8 Å². The minimum absolute atomic E-state index is 0.0762. The summed E-state index contributed by atoms with van der Waals surface area (Å²) in [6, 6.07) is 4.70. The topological polar surface area (TPSA) is 119 Å². The maximum atomic E-state index is 12.0. The van der Waals surface area contributed by atoms with Crippen molar-refractivity contribution in [3.05, 3.63) is 23.8 Å². The van der Waals surface area contributed by atoms with E-state index < -0.39 is 23.3 Å². The number of carbonyl (C=O) groups is 3. The van der Waals surface area contributed by atoms with E-state index in [2.05, 4.69) is 5.32 Å². The van der Waals surface area contributed by atoms with Crippen molar-refractivity contribution in [2.24, 2.45) is 5.73 Å². The molecule has 106 valence electrons. The molecule has 2 rings (SSSR count). The first kappa shape index (κ1) is 13.9. The SMILES string of the molecule is CC1(C)C(=O)NC(=O)CN1c1c(N)cccc1C(N)=O. The molecular formula is C13H16N4O3. The Morgan fingerprint density at radius 3 is 2.60 bits per heavy atom. The summed E-state index contributed by atoms with van der Waals surface area (Å²) in [6.07, 6.45) is 0. The lowest BCUT2D eigenvalue weighted by atomic mass is 9.95. The van der Waals surface area contributed by atoms with E-state index >= 15 is 0 Å². The van der Waals surface area contributed by atoms with Crippen LogP contribution in [0.3, 0.4) is 0 Å². The van der Waals surface area contributed by atoms with Gasteiger partial charge in [0.2, 0.25) is 5.91 Å². The smallest absolute Gasteiger partial charge is 0.251 e. The minimum atomic E-state index is -1.02. The van der Waals surface area contributed by atoms with Crippen LogP contribution in [0.15, 0.2) is 18.2 Å². The normalized spacial score (nSPS) is 17.8. The number of nitrogen functional groups attached to an aromatic ring is 1. The van der Waals surface area contributed by atoms with Gasteiger partial charge in [0.15, 0.2) is 0 Å². The van der Waals surface area contributed by atoms with Crippen LogP contribution < -0.4 is 21.7 Å². The van der Waals surface area contributed by atoms with Crippen molar-refractivity contribution in [3.63, 3.8) is 0 Å². The number of nitrogens with two attached hydrogens (primary N) is 2. The average Bonchev–Trinajstić information content (AvgIpc) is 2.34. The van der Waals surface area contributed by atoms with Gasteiger partial charge in [-0.15, -0.1) is 0 Å². The number of primary amides is 1. The Balaban J connectivity index is 2.63. The van der Waals surface area contributed by atoms with Crippen molar-refractivity contribution in [2.75, 3.05) is 17.2 Å². The Morgan fingerprint density at radius 1 is 1.35 bits per heavy atom. The summed E-state index contributed by atoms with van der Waals surface area (Å²) in [7, 11) is 0. The third-order valence-corrected chi connectivity index (χ3v) is 3.39. The van der Waals surface area contributed by atoms with Gasteiger partial charge in [-0.3, -0.25) is 19.7 Å². The van der Waals surface area contributed by atoms with Crippen LogP contribution in [0.5, 0.6) is 0 Å². The van der Waals surface area contributed by atoms with Gasteiger partial charge in [0.05, 0.1) is 23.5 Å². The number of piperazine rings is 1. The molecule has 20 heavy (non-hydrogen) atoms. The Morgan fingerprint density at radius 2 is 2.00 bits per heavy atom. The van der Waals surface area contributed by atoms with Gasteiger partial charge in [0, 0.05) is 0 Å². The monoisotopic (exact) mass is 276 g/mol. The van der Waals surface area contributed by atoms with Gasteiger partial charge < -0.3 is 16.4 Å². The van der Waals surface area contributed by atoms with Gasteiger partial charge in [0.25, 0.3) is 11.8 Å². The number of amides is 3. The van der Waals surface area contributed by atoms with E-state index in [1.807, 2.05) is 0 Å². The molecule has 1 aliphatic rings. The first-order chi connectivity index (χ1) is 9.25. The molecule has 1 fully saturated rings. The summed E-state index contributed by atoms with van der Waals surface area (Å²) in [6.45, 7) is 3.21. The molecule has 0 saturated carbocycles. The highest BCUT2D eigenvalue weighted by Crippen LogP contribution is 2.34. The van der Waals surface area contributed by atoms with Crippen LogP contribution >= 0.6 is 0 Å². The molecule has 1 aliphatic heterocycles. The number of nitrogens with zero attached hydrogens (tertiary/aromatic N) is 1. The van der Waals surface area contributed by atoms with Crippen molar-refractivity contribution in [3.8, 4) is 0 Å². The Bertz CT molecular complexity index is 610. The van der Waals surface area contributed by atoms with Crippen LogP contribution in [-0.2, 0) is 9.59 Å². The number of carbonyl (C=O) groups excluding carboxylic acids is 3. The van der Waals surface area contributed by atoms with E-state index in [9.17, 15) is 14.4 Å². The zero-order chi connectivity index (χ0) is 15.1. The maximum absolute atomic E-state index is 12.0. The molecule has 1 aromatic rings. The van der Waals surface area contributed by atoms with E-state index in [0.717, 1.165) is 0 Å². The van der Waals surface area contributed by atoms with Gasteiger partial charge in [-0.2, -0.15) is 0 Å². The van der Waals surface area contributed by atoms with Crippen LogP contribution in [0.25, 0.3) is 0 Å². The summed E-state index contributed by atoms with van der Waals surface area (Å²) in [4.78, 5) is 36.6. The molecular weight excluding hydrogens is 260 g/mol.